The van der Waals surface area contributed by atoms with Gasteiger partial charge in [0.1, 0.15) is 5.82 Å². The van der Waals surface area contributed by atoms with Crippen molar-refractivity contribution in [2.24, 2.45) is 0 Å². The Balaban J connectivity index is 3.33. The van der Waals surface area contributed by atoms with Gasteiger partial charge in [-0.15, -0.1) is 0 Å². The Morgan fingerprint density at radius 2 is 1.86 bits per heavy atom. The molecule has 1 rings (SSSR count). The Labute approximate surface area is 78.9 Å². The molecule has 14 heavy (non-hydrogen) atoms. The van der Waals surface area contributed by atoms with Crippen molar-refractivity contribution in [2.75, 3.05) is 7.11 Å². The number of hydrogen-bond acceptors (Lipinski definition) is 2. The average molecular weight is 206 g/mol. The minimum absolute atomic E-state index is 0.422. The van der Waals surface area contributed by atoms with Crippen LogP contribution in [-0.2, 0) is 4.74 Å². The zero-order valence-electron chi connectivity index (χ0n) is 7.64. The highest BCUT2D eigenvalue weighted by Crippen LogP contribution is 2.24. The second-order valence-corrected chi connectivity index (χ2v) is 2.79. The summed E-state index contributed by atoms with van der Waals surface area (Å²) in [5.74, 6) is -3.52. The fourth-order valence-electron chi connectivity index (χ4n) is 1.01. The third-order valence-electron chi connectivity index (χ3n) is 1.91. The van der Waals surface area contributed by atoms with Gasteiger partial charge in [-0.3, -0.25) is 0 Å². The molecule has 0 heterocycles. The Morgan fingerprint density at radius 1 is 1.29 bits per heavy atom. The Kier molecular flexibility index (Phi) is 3.13. The Morgan fingerprint density at radius 3 is 2.36 bits per heavy atom. The number of aliphatic hydroxyl groups excluding tert-OH is 1. The lowest BCUT2D eigenvalue weighted by molar-refractivity contribution is -0.0795. The van der Waals surface area contributed by atoms with Gasteiger partial charge in [0.05, 0.1) is 0 Å². The van der Waals surface area contributed by atoms with Crippen LogP contribution >= 0.6 is 0 Å². The normalized spacial score (nSPS) is 13.0. The third-order valence-corrected chi connectivity index (χ3v) is 1.91. The van der Waals surface area contributed by atoms with Crippen LogP contribution in [0.4, 0.5) is 13.2 Å². The molecule has 78 valence electrons. The highest BCUT2D eigenvalue weighted by molar-refractivity contribution is 5.27. The van der Waals surface area contributed by atoms with Gasteiger partial charge in [-0.1, -0.05) is 0 Å². The fraction of sp³-hybridized carbons (Fsp3) is 0.333. The van der Waals surface area contributed by atoms with Crippen molar-refractivity contribution in [2.45, 2.75) is 13.2 Å². The number of ether oxygens (including phenoxy) is 1. The molecule has 2 nitrogen and oxygen atoms in total. The van der Waals surface area contributed by atoms with Crippen LogP contribution in [-0.4, -0.2) is 12.2 Å². The maximum atomic E-state index is 13.1. The predicted molar refractivity (Wildman–Crippen MR) is 43.0 cm³/mol. The number of halogens is 3. The maximum absolute atomic E-state index is 13.1. The standard InChI is InChI=1S/C9H9F3O2/c1-4-6(10)3-5(9(13)14-2)8(12)7(4)11/h3,9,13H,1-2H3. The van der Waals surface area contributed by atoms with Crippen molar-refractivity contribution in [3.05, 3.63) is 34.6 Å². The lowest BCUT2D eigenvalue weighted by atomic mass is 10.1. The molecule has 0 aliphatic rings. The van der Waals surface area contributed by atoms with Crippen LogP contribution in [0.25, 0.3) is 0 Å². The van der Waals surface area contributed by atoms with Gasteiger partial charge in [0.15, 0.2) is 17.9 Å². The van der Waals surface area contributed by atoms with E-state index in [1.165, 1.54) is 0 Å². The molecule has 0 aliphatic carbocycles. The van der Waals surface area contributed by atoms with Gasteiger partial charge in [0, 0.05) is 18.2 Å². The molecule has 1 unspecified atom stereocenters. The highest BCUT2D eigenvalue weighted by atomic mass is 19.2. The van der Waals surface area contributed by atoms with E-state index in [-0.39, 0.29) is 0 Å². The van der Waals surface area contributed by atoms with Crippen LogP contribution in [0.2, 0.25) is 0 Å². The smallest absolute Gasteiger partial charge is 0.183 e. The number of aliphatic hydroxyl groups is 1. The van der Waals surface area contributed by atoms with Crippen molar-refractivity contribution >= 4 is 0 Å². The first-order valence-electron chi connectivity index (χ1n) is 3.84. The van der Waals surface area contributed by atoms with Crippen LogP contribution in [0, 0.1) is 24.4 Å². The van der Waals surface area contributed by atoms with Crippen LogP contribution in [0.3, 0.4) is 0 Å². The lowest BCUT2D eigenvalue weighted by Gasteiger charge is -2.11. The second-order valence-electron chi connectivity index (χ2n) is 2.79. The summed E-state index contributed by atoms with van der Waals surface area (Å²) in [4.78, 5) is 0. The van der Waals surface area contributed by atoms with Gasteiger partial charge in [0.25, 0.3) is 0 Å². The zero-order valence-corrected chi connectivity index (χ0v) is 7.64. The van der Waals surface area contributed by atoms with Crippen molar-refractivity contribution in [1.29, 1.82) is 0 Å². The van der Waals surface area contributed by atoms with Crippen molar-refractivity contribution in [3.8, 4) is 0 Å². The first kappa shape index (κ1) is 11.0. The van der Waals surface area contributed by atoms with Crippen molar-refractivity contribution in [3.63, 3.8) is 0 Å². The van der Waals surface area contributed by atoms with Gasteiger partial charge in [0.2, 0.25) is 0 Å². The Hall–Kier alpha value is -1.07. The molecule has 0 radical (unpaired) electrons. The van der Waals surface area contributed by atoms with Crippen molar-refractivity contribution < 1.29 is 23.0 Å². The topological polar surface area (TPSA) is 29.5 Å². The van der Waals surface area contributed by atoms with E-state index >= 15 is 0 Å². The van der Waals surface area contributed by atoms with E-state index in [9.17, 15) is 13.2 Å². The van der Waals surface area contributed by atoms with E-state index in [4.69, 9.17) is 5.11 Å². The summed E-state index contributed by atoms with van der Waals surface area (Å²) in [5, 5.41) is 9.05. The molecule has 1 N–H and O–H groups in total. The molecular formula is C9H9F3O2. The molecule has 0 aliphatic heterocycles. The van der Waals surface area contributed by atoms with E-state index in [0.29, 0.717) is 6.07 Å². The molecule has 5 heteroatoms. The number of rotatable bonds is 2. The lowest BCUT2D eigenvalue weighted by Crippen LogP contribution is -2.07. The minimum atomic E-state index is -1.67. The second kappa shape index (κ2) is 3.98. The maximum Gasteiger partial charge on any atom is 0.183 e. The van der Waals surface area contributed by atoms with Gasteiger partial charge in [-0.05, 0) is 13.0 Å². The molecule has 0 saturated heterocycles. The summed E-state index contributed by atoms with van der Waals surface area (Å²) in [6, 6.07) is 0.710. The molecule has 0 fully saturated rings. The summed E-state index contributed by atoms with van der Waals surface area (Å²) in [5.41, 5.74) is -0.970. The van der Waals surface area contributed by atoms with E-state index < -0.39 is 34.9 Å². The molecule has 0 amide bonds. The van der Waals surface area contributed by atoms with E-state index in [1.807, 2.05) is 0 Å². The minimum Gasteiger partial charge on any atom is -0.364 e. The van der Waals surface area contributed by atoms with Crippen LogP contribution in [0.5, 0.6) is 0 Å². The van der Waals surface area contributed by atoms with Crippen LogP contribution in [0.1, 0.15) is 17.4 Å². The third kappa shape index (κ3) is 1.73. The molecule has 0 spiro atoms. The molecule has 1 aromatic carbocycles. The van der Waals surface area contributed by atoms with Gasteiger partial charge in [-0.25, -0.2) is 13.2 Å². The quantitative estimate of drug-likeness (QED) is 0.592. The first-order valence-corrected chi connectivity index (χ1v) is 3.84. The molecule has 0 saturated carbocycles. The highest BCUT2D eigenvalue weighted by Gasteiger charge is 2.20. The molecule has 1 atom stereocenters. The number of methoxy groups -OCH3 is 1. The summed E-state index contributed by atoms with van der Waals surface area (Å²) < 4.78 is 43.4. The van der Waals surface area contributed by atoms with E-state index in [2.05, 4.69) is 4.74 Å². The number of hydrogen-bond donors (Lipinski definition) is 1. The van der Waals surface area contributed by atoms with Crippen LogP contribution in [0.15, 0.2) is 6.07 Å². The fourth-order valence-corrected chi connectivity index (χ4v) is 1.01. The van der Waals surface area contributed by atoms with Crippen LogP contribution < -0.4 is 0 Å². The summed E-state index contributed by atoms with van der Waals surface area (Å²) in [6.45, 7) is 1.11. The number of benzene rings is 1. The average Bonchev–Trinajstić information content (AvgIpc) is 2.19. The Bertz CT molecular complexity index is 352. The summed E-state index contributed by atoms with van der Waals surface area (Å²) >= 11 is 0. The first-order chi connectivity index (χ1) is 6.49. The monoisotopic (exact) mass is 206 g/mol. The molecule has 0 bridgehead atoms. The molecular weight excluding hydrogens is 197 g/mol. The largest absolute Gasteiger partial charge is 0.364 e. The van der Waals surface area contributed by atoms with Gasteiger partial charge in [-0.2, -0.15) is 0 Å². The molecule has 1 aromatic rings. The van der Waals surface area contributed by atoms with Crippen molar-refractivity contribution in [1.82, 2.24) is 0 Å². The van der Waals surface area contributed by atoms with Gasteiger partial charge < -0.3 is 9.84 Å². The zero-order chi connectivity index (χ0) is 10.9. The van der Waals surface area contributed by atoms with E-state index in [0.717, 1.165) is 14.0 Å². The van der Waals surface area contributed by atoms with E-state index in [1.54, 1.807) is 0 Å². The molecule has 0 aromatic heterocycles. The van der Waals surface area contributed by atoms with Gasteiger partial charge >= 0.3 is 0 Å². The predicted octanol–water partition coefficient (Wildman–Crippen LogP) is 2.05. The SMILES string of the molecule is COC(O)c1cc(F)c(C)c(F)c1F. The summed E-state index contributed by atoms with van der Waals surface area (Å²) in [6.07, 6.45) is -1.67. The summed E-state index contributed by atoms with van der Waals surface area (Å²) in [7, 11) is 1.10.